The second-order valence-electron chi connectivity index (χ2n) is 7.91. The number of carbonyl (C=O) groups is 3. The molecule has 1 fully saturated rings. The Morgan fingerprint density at radius 1 is 1.03 bits per heavy atom. The van der Waals surface area contributed by atoms with Crippen LogP contribution in [0.15, 0.2) is 77.3 Å². The zero-order valence-corrected chi connectivity index (χ0v) is 20.2. The molecule has 0 radical (unpaired) electrons. The number of benzene rings is 3. The minimum Gasteiger partial charge on any atom is -0.496 e. The molecule has 3 amide bonds. The van der Waals surface area contributed by atoms with Crippen molar-refractivity contribution in [2.45, 2.75) is 13.0 Å². The van der Waals surface area contributed by atoms with E-state index in [2.05, 4.69) is 26.6 Å². The number of halogens is 1. The van der Waals surface area contributed by atoms with Crippen molar-refractivity contribution in [3.05, 3.63) is 88.4 Å². The van der Waals surface area contributed by atoms with Crippen LogP contribution < -0.4 is 20.3 Å². The van der Waals surface area contributed by atoms with Gasteiger partial charge >= 0.3 is 0 Å². The molecule has 0 spiro atoms. The standard InChI is InChI=1S/C26H24BrN3O4/c1-34-23-9-5-2-6-17(23)15-28-26(33)21-7-3-4-8-22(21)29-25(32)18-14-24(31)30(16-18)20-12-10-19(27)11-13-20/h2-13,18H,14-16H2,1H3,(H,28,33)(H,29,32)/t18-/m1/s1. The van der Waals surface area contributed by atoms with Gasteiger partial charge in [0.1, 0.15) is 5.75 Å². The van der Waals surface area contributed by atoms with Gasteiger partial charge in [0, 0.05) is 35.2 Å². The molecule has 4 rings (SSSR count). The van der Waals surface area contributed by atoms with Crippen LogP contribution in [-0.4, -0.2) is 31.4 Å². The third-order valence-electron chi connectivity index (χ3n) is 5.70. The van der Waals surface area contributed by atoms with Crippen molar-refractivity contribution in [2.24, 2.45) is 5.92 Å². The van der Waals surface area contributed by atoms with Crippen LogP contribution in [-0.2, 0) is 16.1 Å². The van der Waals surface area contributed by atoms with E-state index in [0.717, 1.165) is 15.7 Å². The van der Waals surface area contributed by atoms with Crippen molar-refractivity contribution >= 4 is 45.0 Å². The molecule has 34 heavy (non-hydrogen) atoms. The molecule has 3 aromatic rings. The number of rotatable bonds is 7. The van der Waals surface area contributed by atoms with Gasteiger partial charge in [0.15, 0.2) is 0 Å². The summed E-state index contributed by atoms with van der Waals surface area (Å²) in [6.45, 7) is 0.568. The van der Waals surface area contributed by atoms with Gasteiger partial charge in [-0.05, 0) is 42.5 Å². The maximum absolute atomic E-state index is 13.0. The molecule has 174 valence electrons. The Hall–Kier alpha value is -3.65. The van der Waals surface area contributed by atoms with Gasteiger partial charge in [0.25, 0.3) is 5.91 Å². The summed E-state index contributed by atoms with van der Waals surface area (Å²) in [5, 5.41) is 5.72. The van der Waals surface area contributed by atoms with Crippen molar-refractivity contribution in [3.8, 4) is 5.75 Å². The largest absolute Gasteiger partial charge is 0.496 e. The fourth-order valence-electron chi connectivity index (χ4n) is 3.90. The molecule has 2 N–H and O–H groups in total. The predicted octanol–water partition coefficient (Wildman–Crippen LogP) is 4.38. The molecule has 1 heterocycles. The fourth-order valence-corrected chi connectivity index (χ4v) is 4.16. The van der Waals surface area contributed by atoms with Crippen LogP contribution in [0.2, 0.25) is 0 Å². The van der Waals surface area contributed by atoms with Gasteiger partial charge in [-0.15, -0.1) is 0 Å². The van der Waals surface area contributed by atoms with E-state index >= 15 is 0 Å². The second-order valence-corrected chi connectivity index (χ2v) is 8.83. The molecule has 0 unspecified atom stereocenters. The van der Waals surface area contributed by atoms with E-state index < -0.39 is 5.92 Å². The van der Waals surface area contributed by atoms with Crippen molar-refractivity contribution in [3.63, 3.8) is 0 Å². The predicted molar refractivity (Wildman–Crippen MR) is 134 cm³/mol. The van der Waals surface area contributed by atoms with Gasteiger partial charge in [-0.25, -0.2) is 0 Å². The first-order valence-corrected chi connectivity index (χ1v) is 11.6. The zero-order chi connectivity index (χ0) is 24.1. The topological polar surface area (TPSA) is 87.7 Å². The summed E-state index contributed by atoms with van der Waals surface area (Å²) in [5.41, 5.74) is 2.34. The molecule has 1 saturated heterocycles. The Morgan fingerprint density at radius 3 is 2.50 bits per heavy atom. The molecular formula is C26H24BrN3O4. The van der Waals surface area contributed by atoms with Gasteiger partial charge < -0.3 is 20.3 Å². The minimum atomic E-state index is -0.513. The SMILES string of the molecule is COc1ccccc1CNC(=O)c1ccccc1NC(=O)[C@@H]1CC(=O)N(c2ccc(Br)cc2)C1. The summed E-state index contributed by atoms with van der Waals surface area (Å²) >= 11 is 3.38. The molecular weight excluding hydrogens is 498 g/mol. The summed E-state index contributed by atoms with van der Waals surface area (Å²) in [6.07, 6.45) is 0.115. The molecule has 7 nitrogen and oxygen atoms in total. The van der Waals surface area contributed by atoms with Crippen LogP contribution >= 0.6 is 15.9 Å². The normalized spacial score (nSPS) is 15.2. The highest BCUT2D eigenvalue weighted by Crippen LogP contribution is 2.28. The highest BCUT2D eigenvalue weighted by Gasteiger charge is 2.35. The first kappa shape index (κ1) is 23.5. The van der Waals surface area contributed by atoms with Crippen molar-refractivity contribution in [2.75, 3.05) is 23.9 Å². The summed E-state index contributed by atoms with van der Waals surface area (Å²) in [6, 6.07) is 21.7. The number of nitrogens with one attached hydrogen (secondary N) is 2. The number of anilines is 2. The molecule has 0 saturated carbocycles. The average Bonchev–Trinajstić information content (AvgIpc) is 3.25. The minimum absolute atomic E-state index is 0.106. The van der Waals surface area contributed by atoms with E-state index in [0.29, 0.717) is 17.0 Å². The van der Waals surface area contributed by atoms with Crippen LogP contribution in [0.25, 0.3) is 0 Å². The van der Waals surface area contributed by atoms with Crippen molar-refractivity contribution in [1.29, 1.82) is 0 Å². The third-order valence-corrected chi connectivity index (χ3v) is 6.22. The maximum atomic E-state index is 13.0. The molecule has 0 aromatic heterocycles. The molecule has 0 aliphatic carbocycles. The average molecular weight is 522 g/mol. The van der Waals surface area contributed by atoms with Gasteiger partial charge in [0.05, 0.1) is 24.3 Å². The number of carbonyl (C=O) groups excluding carboxylic acids is 3. The third kappa shape index (κ3) is 5.28. The van der Waals surface area contributed by atoms with Gasteiger partial charge in [0.2, 0.25) is 11.8 Å². The molecule has 1 atom stereocenters. The Balaban J connectivity index is 1.42. The summed E-state index contributed by atoms with van der Waals surface area (Å²) in [5.74, 6) is -0.546. The lowest BCUT2D eigenvalue weighted by atomic mass is 10.1. The van der Waals surface area contributed by atoms with E-state index in [4.69, 9.17) is 4.74 Å². The molecule has 3 aromatic carbocycles. The number of amides is 3. The number of para-hydroxylation sites is 2. The summed E-state index contributed by atoms with van der Waals surface area (Å²) in [4.78, 5) is 40.0. The molecule has 1 aliphatic rings. The Kier molecular flexibility index (Phi) is 7.27. The van der Waals surface area contributed by atoms with Crippen molar-refractivity contribution in [1.82, 2.24) is 5.32 Å². The lowest BCUT2D eigenvalue weighted by molar-refractivity contribution is -0.122. The number of hydrogen-bond acceptors (Lipinski definition) is 4. The van der Waals surface area contributed by atoms with E-state index in [-0.39, 0.29) is 37.2 Å². The van der Waals surface area contributed by atoms with E-state index in [1.54, 1.807) is 36.3 Å². The van der Waals surface area contributed by atoms with Gasteiger partial charge in [-0.2, -0.15) is 0 Å². The lowest BCUT2D eigenvalue weighted by Gasteiger charge is -2.17. The van der Waals surface area contributed by atoms with Gasteiger partial charge in [-0.3, -0.25) is 14.4 Å². The summed E-state index contributed by atoms with van der Waals surface area (Å²) < 4.78 is 6.24. The van der Waals surface area contributed by atoms with Crippen LogP contribution in [0, 0.1) is 5.92 Å². The highest BCUT2D eigenvalue weighted by atomic mass is 79.9. The lowest BCUT2D eigenvalue weighted by Crippen LogP contribution is -2.29. The van der Waals surface area contributed by atoms with E-state index in [1.807, 2.05) is 48.5 Å². The number of hydrogen-bond donors (Lipinski definition) is 2. The Bertz CT molecular complexity index is 1210. The van der Waals surface area contributed by atoms with Crippen LogP contribution in [0.5, 0.6) is 5.75 Å². The Labute approximate surface area is 206 Å². The zero-order valence-electron chi connectivity index (χ0n) is 18.6. The first-order valence-electron chi connectivity index (χ1n) is 10.8. The second kappa shape index (κ2) is 10.5. The van der Waals surface area contributed by atoms with Crippen LogP contribution in [0.4, 0.5) is 11.4 Å². The van der Waals surface area contributed by atoms with Crippen molar-refractivity contribution < 1.29 is 19.1 Å². The smallest absolute Gasteiger partial charge is 0.253 e. The molecule has 1 aliphatic heterocycles. The molecule has 8 heteroatoms. The number of methoxy groups -OCH3 is 1. The highest BCUT2D eigenvalue weighted by molar-refractivity contribution is 9.10. The quantitative estimate of drug-likeness (QED) is 0.482. The van der Waals surface area contributed by atoms with E-state index in [1.165, 1.54) is 0 Å². The maximum Gasteiger partial charge on any atom is 0.253 e. The van der Waals surface area contributed by atoms with Gasteiger partial charge in [-0.1, -0.05) is 46.3 Å². The first-order chi connectivity index (χ1) is 16.5. The number of ether oxygens (including phenoxy) is 1. The van der Waals surface area contributed by atoms with Crippen LogP contribution in [0.3, 0.4) is 0 Å². The van der Waals surface area contributed by atoms with Crippen LogP contribution in [0.1, 0.15) is 22.3 Å². The number of nitrogens with zero attached hydrogens (tertiary/aromatic N) is 1. The fraction of sp³-hybridized carbons (Fsp3) is 0.192. The monoisotopic (exact) mass is 521 g/mol. The molecule has 0 bridgehead atoms. The Morgan fingerprint density at radius 2 is 1.74 bits per heavy atom. The summed E-state index contributed by atoms with van der Waals surface area (Å²) in [7, 11) is 1.58. The van der Waals surface area contributed by atoms with E-state index in [9.17, 15) is 14.4 Å².